The molecule has 0 saturated carbocycles. The lowest BCUT2D eigenvalue weighted by atomic mass is 10.8. The molecular weight excluding hydrogens is 84.0 g/mol. The number of hydrogen-bond donors (Lipinski definition) is 2. The summed E-state index contributed by atoms with van der Waals surface area (Å²) >= 11 is 0. The standard InChI is InChI=1S/C2H6N2O2/c3-1-2(5-1)6-4/h1-2H,3-4H2. The van der Waals surface area contributed by atoms with Gasteiger partial charge in [-0.05, 0) is 0 Å². The molecule has 1 aliphatic rings. The van der Waals surface area contributed by atoms with Crippen LogP contribution in [-0.4, -0.2) is 12.5 Å². The molecule has 1 heterocycles. The highest BCUT2D eigenvalue weighted by Gasteiger charge is 2.35. The Bertz CT molecular complexity index is 55.5. The van der Waals surface area contributed by atoms with Crippen LogP contribution < -0.4 is 11.6 Å². The van der Waals surface area contributed by atoms with E-state index in [0.717, 1.165) is 0 Å². The summed E-state index contributed by atoms with van der Waals surface area (Å²) in [5, 5.41) is 0. The molecule has 0 spiro atoms. The highest BCUT2D eigenvalue weighted by atomic mass is 16.8. The lowest BCUT2D eigenvalue weighted by Gasteiger charge is -1.78. The van der Waals surface area contributed by atoms with Crippen LogP contribution in [-0.2, 0) is 9.57 Å². The summed E-state index contributed by atoms with van der Waals surface area (Å²) in [4.78, 5) is 4.13. The zero-order valence-electron chi connectivity index (χ0n) is 3.13. The third-order valence-corrected chi connectivity index (χ3v) is 0.617. The van der Waals surface area contributed by atoms with Gasteiger partial charge in [-0.2, -0.15) is 0 Å². The van der Waals surface area contributed by atoms with Crippen LogP contribution in [0.5, 0.6) is 0 Å². The average molecular weight is 90.1 g/mol. The van der Waals surface area contributed by atoms with Gasteiger partial charge in [-0.15, -0.1) is 0 Å². The van der Waals surface area contributed by atoms with Crippen LogP contribution in [0.1, 0.15) is 0 Å². The Kier molecular flexibility index (Phi) is 0.776. The Hall–Kier alpha value is -0.160. The molecule has 36 valence electrons. The topological polar surface area (TPSA) is 73.8 Å². The molecule has 0 aromatic rings. The van der Waals surface area contributed by atoms with E-state index in [0.29, 0.717) is 0 Å². The molecule has 4 nitrogen and oxygen atoms in total. The Labute approximate surface area is 35.0 Å². The molecule has 0 aromatic heterocycles. The quantitative estimate of drug-likeness (QED) is 0.304. The third kappa shape index (κ3) is 0.504. The first-order valence-electron chi connectivity index (χ1n) is 1.61. The van der Waals surface area contributed by atoms with Crippen molar-refractivity contribution >= 4 is 0 Å². The lowest BCUT2D eigenvalue weighted by Crippen LogP contribution is -2.11. The van der Waals surface area contributed by atoms with Crippen molar-refractivity contribution in [2.75, 3.05) is 0 Å². The fourth-order valence-electron chi connectivity index (χ4n) is 0.219. The summed E-state index contributed by atoms with van der Waals surface area (Å²) in [6.07, 6.45) is -0.625. The first kappa shape index (κ1) is 4.01. The van der Waals surface area contributed by atoms with Crippen molar-refractivity contribution in [3.05, 3.63) is 0 Å². The van der Waals surface area contributed by atoms with Gasteiger partial charge in [0.25, 0.3) is 0 Å². The zero-order chi connectivity index (χ0) is 4.57. The second-order valence-corrected chi connectivity index (χ2v) is 1.11. The van der Waals surface area contributed by atoms with Gasteiger partial charge in [0.15, 0.2) is 6.23 Å². The summed E-state index contributed by atoms with van der Waals surface area (Å²) in [6, 6.07) is 0. The van der Waals surface area contributed by atoms with Crippen LogP contribution in [0.15, 0.2) is 0 Å². The number of rotatable bonds is 1. The van der Waals surface area contributed by atoms with Crippen molar-refractivity contribution in [1.29, 1.82) is 0 Å². The normalized spacial score (nSPS) is 43.0. The van der Waals surface area contributed by atoms with Gasteiger partial charge in [-0.1, -0.05) is 0 Å². The second kappa shape index (κ2) is 1.16. The maximum absolute atomic E-state index is 5.05. The van der Waals surface area contributed by atoms with E-state index in [2.05, 4.69) is 15.5 Å². The van der Waals surface area contributed by atoms with Gasteiger partial charge in [-0.25, -0.2) is 5.90 Å². The predicted octanol–water partition coefficient (Wildman–Crippen LogP) is -1.48. The fraction of sp³-hybridized carbons (Fsp3) is 1.00. The summed E-state index contributed by atoms with van der Waals surface area (Å²) in [5.74, 6) is 4.62. The van der Waals surface area contributed by atoms with E-state index >= 15 is 0 Å². The Morgan fingerprint density at radius 1 is 1.67 bits per heavy atom. The van der Waals surface area contributed by atoms with Gasteiger partial charge >= 0.3 is 0 Å². The molecular formula is C2H6N2O2. The van der Waals surface area contributed by atoms with Crippen LogP contribution in [0.2, 0.25) is 0 Å². The minimum atomic E-state index is -0.343. The maximum atomic E-state index is 5.05. The Morgan fingerprint density at radius 3 is 2.17 bits per heavy atom. The fourth-order valence-corrected chi connectivity index (χ4v) is 0.219. The van der Waals surface area contributed by atoms with Crippen LogP contribution >= 0.6 is 0 Å². The zero-order valence-corrected chi connectivity index (χ0v) is 3.13. The van der Waals surface area contributed by atoms with E-state index in [1.165, 1.54) is 0 Å². The molecule has 4 heteroatoms. The minimum Gasteiger partial charge on any atom is -0.323 e. The molecule has 0 aliphatic carbocycles. The molecule has 4 N–H and O–H groups in total. The molecule has 0 radical (unpaired) electrons. The second-order valence-electron chi connectivity index (χ2n) is 1.11. The molecule has 2 unspecified atom stereocenters. The first-order chi connectivity index (χ1) is 2.84. The molecule has 1 aliphatic heterocycles. The van der Waals surface area contributed by atoms with Crippen molar-refractivity contribution in [3.8, 4) is 0 Å². The van der Waals surface area contributed by atoms with Crippen molar-refractivity contribution in [1.82, 2.24) is 0 Å². The summed E-state index contributed by atoms with van der Waals surface area (Å²) in [7, 11) is 0. The van der Waals surface area contributed by atoms with E-state index in [4.69, 9.17) is 5.73 Å². The number of hydrogen-bond acceptors (Lipinski definition) is 4. The van der Waals surface area contributed by atoms with E-state index in [1.54, 1.807) is 0 Å². The predicted molar refractivity (Wildman–Crippen MR) is 18.1 cm³/mol. The molecule has 0 aromatic carbocycles. The van der Waals surface area contributed by atoms with Gasteiger partial charge in [0.1, 0.15) is 0 Å². The first-order valence-corrected chi connectivity index (χ1v) is 1.61. The summed E-state index contributed by atoms with van der Waals surface area (Å²) < 4.78 is 4.50. The highest BCUT2D eigenvalue weighted by Crippen LogP contribution is 2.13. The van der Waals surface area contributed by atoms with Crippen molar-refractivity contribution in [3.63, 3.8) is 0 Å². The van der Waals surface area contributed by atoms with Crippen molar-refractivity contribution < 1.29 is 9.57 Å². The van der Waals surface area contributed by atoms with Gasteiger partial charge in [0.2, 0.25) is 6.29 Å². The van der Waals surface area contributed by atoms with Crippen LogP contribution in [0, 0.1) is 0 Å². The lowest BCUT2D eigenvalue weighted by molar-refractivity contribution is 0.0503. The van der Waals surface area contributed by atoms with Crippen LogP contribution in [0.4, 0.5) is 0 Å². The number of epoxide rings is 1. The van der Waals surface area contributed by atoms with Crippen LogP contribution in [0.3, 0.4) is 0 Å². The minimum absolute atomic E-state index is 0.282. The third-order valence-electron chi connectivity index (χ3n) is 0.617. The Balaban J connectivity index is 2.09. The Morgan fingerprint density at radius 2 is 2.17 bits per heavy atom. The largest absolute Gasteiger partial charge is 0.323 e. The SMILES string of the molecule is NOC1OC1N. The van der Waals surface area contributed by atoms with Gasteiger partial charge in [0, 0.05) is 0 Å². The summed E-state index contributed by atoms with van der Waals surface area (Å²) in [5.41, 5.74) is 5.05. The molecule has 2 atom stereocenters. The molecule has 0 amide bonds. The van der Waals surface area contributed by atoms with E-state index in [-0.39, 0.29) is 12.5 Å². The summed E-state index contributed by atoms with van der Waals surface area (Å²) in [6.45, 7) is 0. The van der Waals surface area contributed by atoms with E-state index in [1.807, 2.05) is 0 Å². The van der Waals surface area contributed by atoms with Gasteiger partial charge in [-0.3, -0.25) is 4.84 Å². The van der Waals surface area contributed by atoms with Gasteiger partial charge in [0.05, 0.1) is 0 Å². The van der Waals surface area contributed by atoms with Crippen molar-refractivity contribution in [2.24, 2.45) is 11.6 Å². The molecule has 1 saturated heterocycles. The van der Waals surface area contributed by atoms with Crippen molar-refractivity contribution in [2.45, 2.75) is 12.5 Å². The maximum Gasteiger partial charge on any atom is 0.218 e. The van der Waals surface area contributed by atoms with E-state index < -0.39 is 0 Å². The molecule has 6 heavy (non-hydrogen) atoms. The van der Waals surface area contributed by atoms with E-state index in [9.17, 15) is 0 Å². The van der Waals surface area contributed by atoms with Crippen LogP contribution in [0.25, 0.3) is 0 Å². The molecule has 0 bridgehead atoms. The number of nitrogens with two attached hydrogens (primary N) is 2. The highest BCUT2D eigenvalue weighted by molar-refractivity contribution is 4.66. The smallest absolute Gasteiger partial charge is 0.218 e. The van der Waals surface area contributed by atoms with Gasteiger partial charge < -0.3 is 10.5 Å². The molecule has 1 fully saturated rings. The monoisotopic (exact) mass is 90.0 g/mol. The number of ether oxygens (including phenoxy) is 1. The average Bonchev–Trinajstić information content (AvgIpc) is 2.19. The molecule has 1 rings (SSSR count).